The second kappa shape index (κ2) is 4.87. The van der Waals surface area contributed by atoms with Crippen molar-refractivity contribution in [1.29, 1.82) is 0 Å². The van der Waals surface area contributed by atoms with Gasteiger partial charge >= 0.3 is 0 Å². The van der Waals surface area contributed by atoms with Gasteiger partial charge in [0, 0.05) is 4.90 Å². The molecule has 0 fully saturated rings. The van der Waals surface area contributed by atoms with Gasteiger partial charge in [-0.2, -0.15) is 0 Å². The second-order valence-electron chi connectivity index (χ2n) is 2.48. The summed E-state index contributed by atoms with van der Waals surface area (Å²) in [6.45, 7) is -1.04. The summed E-state index contributed by atoms with van der Waals surface area (Å²) in [6, 6.07) is 8.56. The molecule has 0 saturated heterocycles. The average Bonchev–Trinajstić information content (AvgIpc) is 2.19. The lowest BCUT2D eigenvalue weighted by Crippen LogP contribution is -2.11. The van der Waals surface area contributed by atoms with Crippen molar-refractivity contribution in [2.45, 2.75) is 4.90 Å². The van der Waals surface area contributed by atoms with E-state index in [0.29, 0.717) is 4.90 Å². The molecule has 1 atom stereocenters. The first-order valence-corrected chi connectivity index (χ1v) is 5.07. The van der Waals surface area contributed by atoms with Crippen molar-refractivity contribution in [2.75, 3.05) is 12.4 Å². The maximum atomic E-state index is 11.8. The molecule has 4 heteroatoms. The van der Waals surface area contributed by atoms with E-state index < -0.39 is 23.3 Å². The van der Waals surface area contributed by atoms with E-state index >= 15 is 0 Å². The van der Waals surface area contributed by atoms with Crippen molar-refractivity contribution in [3.05, 3.63) is 30.3 Å². The minimum atomic E-state index is -1.40. The van der Waals surface area contributed by atoms with E-state index in [9.17, 15) is 13.4 Å². The van der Waals surface area contributed by atoms with Gasteiger partial charge in [0.25, 0.3) is 0 Å². The molecule has 0 aromatic heterocycles. The molecule has 1 rings (SSSR count). The Bertz CT molecular complexity index is 311. The molecule has 1 aromatic carbocycles. The normalized spacial score (nSPS) is 12.4. The highest BCUT2D eigenvalue weighted by Gasteiger charge is 2.08. The van der Waals surface area contributed by atoms with Gasteiger partial charge in [0.15, 0.2) is 5.78 Å². The largest absolute Gasteiger partial charge is 0.296 e. The number of benzene rings is 1. The van der Waals surface area contributed by atoms with Crippen molar-refractivity contribution in [2.24, 2.45) is 0 Å². The number of halogens is 1. The predicted octanol–water partition coefficient (Wildman–Crippen LogP) is 1.33. The van der Waals surface area contributed by atoms with Crippen LogP contribution in [0.15, 0.2) is 35.2 Å². The summed E-state index contributed by atoms with van der Waals surface area (Å²) in [6.07, 6.45) is 0. The Balaban J connectivity index is 2.65. The van der Waals surface area contributed by atoms with Gasteiger partial charge in [-0.15, -0.1) is 0 Å². The van der Waals surface area contributed by atoms with E-state index in [1.54, 1.807) is 30.3 Å². The van der Waals surface area contributed by atoms with Crippen LogP contribution >= 0.6 is 0 Å². The molecule has 2 nitrogen and oxygen atoms in total. The lowest BCUT2D eigenvalue weighted by Gasteiger charge is -1.98. The summed E-state index contributed by atoms with van der Waals surface area (Å²) in [7, 11) is -1.40. The molecular formula is C9H9FO2S. The van der Waals surface area contributed by atoms with Gasteiger partial charge in [0.2, 0.25) is 0 Å². The van der Waals surface area contributed by atoms with Gasteiger partial charge in [-0.1, -0.05) is 18.2 Å². The van der Waals surface area contributed by atoms with Crippen LogP contribution in [0.2, 0.25) is 0 Å². The van der Waals surface area contributed by atoms with Gasteiger partial charge in [-0.25, -0.2) is 4.39 Å². The van der Waals surface area contributed by atoms with Crippen LogP contribution in [0, 0.1) is 0 Å². The van der Waals surface area contributed by atoms with Crippen LogP contribution in [-0.4, -0.2) is 22.4 Å². The summed E-state index contributed by atoms with van der Waals surface area (Å²) in [5.41, 5.74) is 0. The van der Waals surface area contributed by atoms with Crippen LogP contribution < -0.4 is 0 Å². The van der Waals surface area contributed by atoms with Crippen molar-refractivity contribution < 1.29 is 13.4 Å². The highest BCUT2D eigenvalue weighted by Crippen LogP contribution is 2.05. The first-order valence-electron chi connectivity index (χ1n) is 3.75. The Morgan fingerprint density at radius 1 is 1.31 bits per heavy atom. The summed E-state index contributed by atoms with van der Waals surface area (Å²) < 4.78 is 23.1. The monoisotopic (exact) mass is 200 g/mol. The second-order valence-corrected chi connectivity index (χ2v) is 3.93. The van der Waals surface area contributed by atoms with E-state index in [2.05, 4.69) is 0 Å². The number of carbonyl (C=O) groups excluding carboxylic acids is 1. The van der Waals surface area contributed by atoms with Crippen molar-refractivity contribution >= 4 is 16.6 Å². The zero-order valence-electron chi connectivity index (χ0n) is 6.90. The van der Waals surface area contributed by atoms with Crippen molar-refractivity contribution in [3.63, 3.8) is 0 Å². The fourth-order valence-electron chi connectivity index (χ4n) is 0.840. The van der Waals surface area contributed by atoms with Crippen LogP contribution in [0.1, 0.15) is 0 Å². The third kappa shape index (κ3) is 3.06. The minimum Gasteiger partial charge on any atom is -0.296 e. The summed E-state index contributed by atoms with van der Waals surface area (Å²) >= 11 is 0. The van der Waals surface area contributed by atoms with Crippen LogP contribution in [0.5, 0.6) is 0 Å². The van der Waals surface area contributed by atoms with E-state index in [-0.39, 0.29) is 5.75 Å². The van der Waals surface area contributed by atoms with E-state index in [1.165, 1.54) is 0 Å². The minimum absolute atomic E-state index is 0.236. The predicted molar refractivity (Wildman–Crippen MR) is 48.7 cm³/mol. The van der Waals surface area contributed by atoms with Crippen LogP contribution in [0.4, 0.5) is 4.39 Å². The third-order valence-electron chi connectivity index (χ3n) is 1.45. The maximum Gasteiger partial charge on any atom is 0.176 e. The molecule has 0 aliphatic carbocycles. The van der Waals surface area contributed by atoms with Crippen molar-refractivity contribution in [1.82, 2.24) is 0 Å². The first-order chi connectivity index (χ1) is 6.24. The molecule has 0 amide bonds. The molecule has 70 valence electrons. The zero-order chi connectivity index (χ0) is 9.68. The SMILES string of the molecule is O=C(CF)CS(=O)c1ccccc1. The Morgan fingerprint density at radius 2 is 1.92 bits per heavy atom. The molecule has 0 aliphatic heterocycles. The average molecular weight is 200 g/mol. The number of rotatable bonds is 4. The van der Waals surface area contributed by atoms with Gasteiger partial charge in [-0.05, 0) is 12.1 Å². The molecule has 0 aliphatic rings. The quantitative estimate of drug-likeness (QED) is 0.734. The first kappa shape index (κ1) is 10.1. The highest BCUT2D eigenvalue weighted by molar-refractivity contribution is 7.85. The maximum absolute atomic E-state index is 11.8. The van der Waals surface area contributed by atoms with Gasteiger partial charge in [0.1, 0.15) is 6.67 Å². The molecule has 0 spiro atoms. The topological polar surface area (TPSA) is 34.1 Å². The van der Waals surface area contributed by atoms with Crippen LogP contribution in [0.25, 0.3) is 0 Å². The van der Waals surface area contributed by atoms with Gasteiger partial charge in [0.05, 0.1) is 16.6 Å². The molecule has 0 saturated carbocycles. The lowest BCUT2D eigenvalue weighted by atomic mass is 10.4. The number of alkyl halides is 1. The van der Waals surface area contributed by atoms with Gasteiger partial charge < -0.3 is 0 Å². The zero-order valence-corrected chi connectivity index (χ0v) is 7.72. The Labute approximate surface area is 78.2 Å². The standard InChI is InChI=1S/C9H9FO2S/c10-6-8(11)7-13(12)9-4-2-1-3-5-9/h1-5H,6-7H2. The number of carbonyl (C=O) groups is 1. The molecule has 0 N–H and O–H groups in total. The Morgan fingerprint density at radius 3 is 2.46 bits per heavy atom. The number of Topliss-reactive ketones (excluding diaryl/α,β-unsaturated/α-hetero) is 1. The molecule has 13 heavy (non-hydrogen) atoms. The van der Waals surface area contributed by atoms with E-state index in [1.807, 2.05) is 0 Å². The molecule has 0 heterocycles. The lowest BCUT2D eigenvalue weighted by molar-refractivity contribution is -0.117. The van der Waals surface area contributed by atoms with Crippen molar-refractivity contribution in [3.8, 4) is 0 Å². The molecule has 0 radical (unpaired) electrons. The third-order valence-corrected chi connectivity index (χ3v) is 2.83. The number of ketones is 1. The molecule has 1 aromatic rings. The molecule has 0 bridgehead atoms. The summed E-state index contributed by atoms with van der Waals surface area (Å²) in [4.78, 5) is 11.2. The van der Waals surface area contributed by atoms with E-state index in [4.69, 9.17) is 0 Å². The molecule has 1 unspecified atom stereocenters. The fourth-order valence-corrected chi connectivity index (χ4v) is 1.84. The van der Waals surface area contributed by atoms with Gasteiger partial charge in [-0.3, -0.25) is 9.00 Å². The summed E-state index contributed by atoms with van der Waals surface area (Å²) in [5, 5.41) is 0. The Hall–Kier alpha value is -1.03. The molecular weight excluding hydrogens is 191 g/mol. The fraction of sp³-hybridized carbons (Fsp3) is 0.222. The summed E-state index contributed by atoms with van der Waals surface area (Å²) in [5.74, 6) is -0.859. The number of hydrogen-bond acceptors (Lipinski definition) is 2. The highest BCUT2D eigenvalue weighted by atomic mass is 32.2. The smallest absolute Gasteiger partial charge is 0.176 e. The van der Waals surface area contributed by atoms with Crippen LogP contribution in [-0.2, 0) is 15.6 Å². The van der Waals surface area contributed by atoms with E-state index in [0.717, 1.165) is 0 Å². The number of hydrogen-bond donors (Lipinski definition) is 0. The van der Waals surface area contributed by atoms with Crippen LogP contribution in [0.3, 0.4) is 0 Å². The Kier molecular flexibility index (Phi) is 3.76.